The largest absolute Gasteiger partial charge is 0.481 e. The highest BCUT2D eigenvalue weighted by Crippen LogP contribution is 2.24. The van der Waals surface area contributed by atoms with E-state index in [1.807, 2.05) is 13.8 Å². The topological polar surface area (TPSA) is 98.7 Å². The minimum absolute atomic E-state index is 0.0111. The Labute approximate surface area is 126 Å². The van der Waals surface area contributed by atoms with Crippen molar-refractivity contribution in [2.75, 3.05) is 26.2 Å². The molecule has 0 unspecified atom stereocenters. The maximum absolute atomic E-state index is 11.7. The molecular formula is C14H27N3O4. The lowest BCUT2D eigenvalue weighted by Gasteiger charge is -2.21. The van der Waals surface area contributed by atoms with Gasteiger partial charge in [0, 0.05) is 19.5 Å². The fraction of sp³-hybridized carbons (Fsp3) is 0.786. The van der Waals surface area contributed by atoms with Crippen LogP contribution in [-0.2, 0) is 9.59 Å². The summed E-state index contributed by atoms with van der Waals surface area (Å²) in [6, 6.07) is -0.543. The van der Waals surface area contributed by atoms with Crippen LogP contribution in [0.2, 0.25) is 0 Å². The summed E-state index contributed by atoms with van der Waals surface area (Å²) >= 11 is 0. The van der Waals surface area contributed by atoms with Crippen molar-refractivity contribution in [3.05, 3.63) is 0 Å². The van der Waals surface area contributed by atoms with Crippen LogP contribution in [0.15, 0.2) is 0 Å². The predicted octanol–water partition coefficient (Wildman–Crippen LogP) is 1.05. The molecule has 0 heterocycles. The molecule has 0 spiro atoms. The van der Waals surface area contributed by atoms with Crippen LogP contribution < -0.4 is 10.6 Å². The molecule has 0 radical (unpaired) electrons. The first kappa shape index (κ1) is 19.4. The summed E-state index contributed by atoms with van der Waals surface area (Å²) in [5, 5.41) is 13.6. The van der Waals surface area contributed by atoms with Crippen molar-refractivity contribution < 1.29 is 19.5 Å². The lowest BCUT2D eigenvalue weighted by molar-refractivity contribution is -0.139. The maximum atomic E-state index is 11.7. The molecule has 0 aromatic heterocycles. The van der Waals surface area contributed by atoms with Gasteiger partial charge < -0.3 is 15.3 Å². The molecule has 0 atom stereocenters. The van der Waals surface area contributed by atoms with Crippen LogP contribution in [0.3, 0.4) is 0 Å². The first-order chi connectivity index (χ1) is 9.70. The summed E-state index contributed by atoms with van der Waals surface area (Å²) in [4.78, 5) is 36.0. The minimum atomic E-state index is -0.962. The first-order valence-corrected chi connectivity index (χ1v) is 7.22. The number of aliphatic carboxylic acids is 1. The van der Waals surface area contributed by atoms with Crippen LogP contribution in [-0.4, -0.2) is 54.1 Å². The monoisotopic (exact) mass is 301 g/mol. The van der Waals surface area contributed by atoms with E-state index in [1.54, 1.807) is 13.8 Å². The number of carbonyl (C=O) groups excluding carboxylic acids is 2. The average Bonchev–Trinajstić information content (AvgIpc) is 2.31. The summed E-state index contributed by atoms with van der Waals surface area (Å²) in [6.45, 7) is 10.4. The zero-order chi connectivity index (χ0) is 16.5. The van der Waals surface area contributed by atoms with E-state index in [2.05, 4.69) is 15.5 Å². The Morgan fingerprint density at radius 1 is 1.10 bits per heavy atom. The number of rotatable bonds is 9. The third kappa shape index (κ3) is 9.84. The van der Waals surface area contributed by atoms with E-state index < -0.39 is 23.3 Å². The fourth-order valence-electron chi connectivity index (χ4n) is 1.99. The quantitative estimate of drug-likeness (QED) is 0.591. The van der Waals surface area contributed by atoms with Gasteiger partial charge in [0.15, 0.2) is 0 Å². The highest BCUT2D eigenvalue weighted by Gasteiger charge is 2.25. The van der Waals surface area contributed by atoms with E-state index in [4.69, 9.17) is 5.11 Å². The van der Waals surface area contributed by atoms with E-state index in [0.29, 0.717) is 6.54 Å². The Hall–Kier alpha value is -1.63. The normalized spacial score (nSPS) is 11.3. The molecule has 3 N–H and O–H groups in total. The summed E-state index contributed by atoms with van der Waals surface area (Å²) in [5.41, 5.74) is -0.683. The number of carboxylic acids is 1. The molecule has 7 nitrogen and oxygen atoms in total. The SMILES string of the molecule is CCN(CC)CCNC(=O)NC(=O)CC(C)(C)CC(=O)O. The predicted molar refractivity (Wildman–Crippen MR) is 80.0 cm³/mol. The zero-order valence-electron chi connectivity index (χ0n) is 13.4. The van der Waals surface area contributed by atoms with Gasteiger partial charge in [-0.25, -0.2) is 4.79 Å². The minimum Gasteiger partial charge on any atom is -0.481 e. The van der Waals surface area contributed by atoms with E-state index in [1.165, 1.54) is 0 Å². The third-order valence-corrected chi connectivity index (χ3v) is 3.13. The van der Waals surface area contributed by atoms with Gasteiger partial charge in [-0.05, 0) is 18.5 Å². The van der Waals surface area contributed by atoms with Gasteiger partial charge in [-0.3, -0.25) is 14.9 Å². The highest BCUT2D eigenvalue weighted by molar-refractivity contribution is 5.94. The van der Waals surface area contributed by atoms with Crippen molar-refractivity contribution in [1.82, 2.24) is 15.5 Å². The van der Waals surface area contributed by atoms with Gasteiger partial charge in [-0.2, -0.15) is 0 Å². The van der Waals surface area contributed by atoms with E-state index in [0.717, 1.165) is 19.6 Å². The van der Waals surface area contributed by atoms with Gasteiger partial charge in [0.2, 0.25) is 5.91 Å². The van der Waals surface area contributed by atoms with Crippen molar-refractivity contribution in [2.45, 2.75) is 40.5 Å². The number of imide groups is 1. The number of hydrogen-bond acceptors (Lipinski definition) is 4. The van der Waals surface area contributed by atoms with Crippen molar-refractivity contribution in [2.24, 2.45) is 5.41 Å². The van der Waals surface area contributed by atoms with Crippen molar-refractivity contribution in [1.29, 1.82) is 0 Å². The van der Waals surface area contributed by atoms with Crippen molar-refractivity contribution >= 4 is 17.9 Å². The second kappa shape index (κ2) is 9.33. The molecule has 0 aromatic rings. The maximum Gasteiger partial charge on any atom is 0.321 e. The summed E-state index contributed by atoms with van der Waals surface area (Å²) in [6.07, 6.45) is -0.132. The number of hydrogen-bond donors (Lipinski definition) is 3. The fourth-order valence-corrected chi connectivity index (χ4v) is 1.99. The standard InChI is InChI=1S/C14H27N3O4/c1-5-17(6-2)8-7-15-13(21)16-11(18)9-14(3,4)10-12(19)20/h5-10H2,1-4H3,(H,19,20)(H2,15,16,18,21). The van der Waals surface area contributed by atoms with Gasteiger partial charge in [-0.15, -0.1) is 0 Å². The van der Waals surface area contributed by atoms with Gasteiger partial charge in [-0.1, -0.05) is 27.7 Å². The summed E-state index contributed by atoms with van der Waals surface area (Å²) < 4.78 is 0. The Bertz CT molecular complexity index is 365. The lowest BCUT2D eigenvalue weighted by Crippen LogP contribution is -2.43. The molecule has 0 aliphatic carbocycles. The van der Waals surface area contributed by atoms with Crippen LogP contribution >= 0.6 is 0 Å². The van der Waals surface area contributed by atoms with Gasteiger partial charge in [0.1, 0.15) is 0 Å². The number of nitrogens with zero attached hydrogens (tertiary/aromatic N) is 1. The van der Waals surface area contributed by atoms with Crippen LogP contribution in [0.25, 0.3) is 0 Å². The van der Waals surface area contributed by atoms with Crippen LogP contribution in [0, 0.1) is 5.41 Å². The summed E-state index contributed by atoms with van der Waals surface area (Å²) in [5.74, 6) is -1.43. The molecule has 0 aromatic carbocycles. The molecule has 21 heavy (non-hydrogen) atoms. The molecule has 0 saturated heterocycles. The number of carboxylic acid groups (broad SMARTS) is 1. The molecular weight excluding hydrogens is 274 g/mol. The second-order valence-electron chi connectivity index (χ2n) is 5.74. The van der Waals surface area contributed by atoms with Gasteiger partial charge in [0.25, 0.3) is 0 Å². The Morgan fingerprint density at radius 3 is 2.14 bits per heavy atom. The molecule has 7 heteroatoms. The van der Waals surface area contributed by atoms with E-state index >= 15 is 0 Å². The lowest BCUT2D eigenvalue weighted by atomic mass is 9.85. The van der Waals surface area contributed by atoms with Crippen molar-refractivity contribution in [3.8, 4) is 0 Å². The average molecular weight is 301 g/mol. The van der Waals surface area contributed by atoms with Gasteiger partial charge >= 0.3 is 12.0 Å². The number of amides is 3. The Morgan fingerprint density at radius 2 is 1.67 bits per heavy atom. The number of carbonyl (C=O) groups is 3. The van der Waals surface area contributed by atoms with Crippen molar-refractivity contribution in [3.63, 3.8) is 0 Å². The first-order valence-electron chi connectivity index (χ1n) is 7.22. The highest BCUT2D eigenvalue weighted by atomic mass is 16.4. The number of nitrogens with one attached hydrogen (secondary N) is 2. The molecule has 122 valence electrons. The molecule has 3 amide bonds. The Balaban J connectivity index is 4.04. The molecule has 0 aliphatic rings. The van der Waals surface area contributed by atoms with Crippen LogP contribution in [0.1, 0.15) is 40.5 Å². The second-order valence-corrected chi connectivity index (χ2v) is 5.74. The molecule has 0 fully saturated rings. The van der Waals surface area contributed by atoms with Gasteiger partial charge in [0.05, 0.1) is 6.42 Å². The van der Waals surface area contributed by atoms with Crippen LogP contribution in [0.4, 0.5) is 4.79 Å². The third-order valence-electron chi connectivity index (χ3n) is 3.13. The summed E-state index contributed by atoms with van der Waals surface area (Å²) in [7, 11) is 0. The van der Waals surface area contributed by atoms with E-state index in [-0.39, 0.29) is 12.8 Å². The zero-order valence-corrected chi connectivity index (χ0v) is 13.4. The molecule has 0 bridgehead atoms. The smallest absolute Gasteiger partial charge is 0.321 e. The number of likely N-dealkylation sites (N-methyl/N-ethyl adjacent to an activating group) is 1. The van der Waals surface area contributed by atoms with E-state index in [9.17, 15) is 14.4 Å². The Kier molecular flexibility index (Phi) is 8.61. The van der Waals surface area contributed by atoms with Crippen LogP contribution in [0.5, 0.6) is 0 Å². The number of urea groups is 1. The molecule has 0 saturated carbocycles. The molecule has 0 rings (SSSR count). The molecule has 0 aliphatic heterocycles.